The Hall–Kier alpha value is -1.90. The summed E-state index contributed by atoms with van der Waals surface area (Å²) in [5.41, 5.74) is 2.19. The number of benzene rings is 1. The minimum atomic E-state index is 0.528. The molecule has 1 aromatic carbocycles. The van der Waals surface area contributed by atoms with Gasteiger partial charge in [-0.1, -0.05) is 49.6 Å². The molecule has 2 aromatic rings. The van der Waals surface area contributed by atoms with Gasteiger partial charge in [-0.2, -0.15) is 0 Å². The number of nitrogens with zero attached hydrogens (tertiary/aromatic N) is 2. The van der Waals surface area contributed by atoms with Gasteiger partial charge in [-0.15, -0.1) is 0 Å². The van der Waals surface area contributed by atoms with Gasteiger partial charge in [-0.3, -0.25) is 0 Å². The van der Waals surface area contributed by atoms with Crippen molar-refractivity contribution in [1.82, 2.24) is 9.97 Å². The average Bonchev–Trinajstić information content (AvgIpc) is 2.56. The molecule has 3 nitrogen and oxygen atoms in total. The van der Waals surface area contributed by atoms with Gasteiger partial charge in [-0.25, -0.2) is 9.97 Å². The van der Waals surface area contributed by atoms with Gasteiger partial charge in [0.2, 0.25) is 0 Å². The number of anilines is 1. The van der Waals surface area contributed by atoms with Gasteiger partial charge in [-0.05, 0) is 19.8 Å². The second kappa shape index (κ2) is 6.70. The lowest BCUT2D eigenvalue weighted by atomic mass is 9.88. The summed E-state index contributed by atoms with van der Waals surface area (Å²) in [6.45, 7) is 2.99. The summed E-state index contributed by atoms with van der Waals surface area (Å²) in [5.74, 6) is 2.50. The first-order chi connectivity index (χ1) is 10.4. The Bertz CT molecular complexity index is 574. The molecule has 0 radical (unpaired) electrons. The highest BCUT2D eigenvalue weighted by atomic mass is 15.0. The third kappa shape index (κ3) is 3.41. The van der Waals surface area contributed by atoms with Gasteiger partial charge in [0.25, 0.3) is 0 Å². The molecule has 0 spiro atoms. The van der Waals surface area contributed by atoms with E-state index in [-0.39, 0.29) is 0 Å². The van der Waals surface area contributed by atoms with Crippen molar-refractivity contribution in [2.24, 2.45) is 0 Å². The number of hydrogen-bond acceptors (Lipinski definition) is 3. The Morgan fingerprint density at radius 1 is 1.05 bits per heavy atom. The first-order valence-corrected chi connectivity index (χ1v) is 8.05. The molecule has 0 bridgehead atoms. The molecule has 0 amide bonds. The number of nitrogens with one attached hydrogen (secondary N) is 1. The molecule has 110 valence electrons. The van der Waals surface area contributed by atoms with Crippen LogP contribution >= 0.6 is 0 Å². The van der Waals surface area contributed by atoms with Gasteiger partial charge < -0.3 is 5.32 Å². The topological polar surface area (TPSA) is 37.8 Å². The number of aromatic nitrogens is 2. The maximum absolute atomic E-state index is 4.86. The second-order valence-corrected chi connectivity index (χ2v) is 5.73. The van der Waals surface area contributed by atoms with Gasteiger partial charge in [0.15, 0.2) is 0 Å². The maximum Gasteiger partial charge on any atom is 0.134 e. The fourth-order valence-corrected chi connectivity index (χ4v) is 3.04. The van der Waals surface area contributed by atoms with Crippen molar-refractivity contribution in [3.8, 4) is 11.3 Å². The van der Waals surface area contributed by atoms with E-state index in [2.05, 4.69) is 42.6 Å². The molecular weight excluding hydrogens is 258 g/mol. The Labute approximate surface area is 126 Å². The highest BCUT2D eigenvalue weighted by molar-refractivity contribution is 5.62. The first kappa shape index (κ1) is 14.1. The van der Waals surface area contributed by atoms with Crippen molar-refractivity contribution in [1.29, 1.82) is 0 Å². The van der Waals surface area contributed by atoms with Gasteiger partial charge in [0.1, 0.15) is 11.6 Å². The fourth-order valence-electron chi connectivity index (χ4n) is 3.04. The molecule has 0 aliphatic heterocycles. The van der Waals surface area contributed by atoms with Crippen molar-refractivity contribution < 1.29 is 0 Å². The van der Waals surface area contributed by atoms with E-state index in [1.807, 2.05) is 6.07 Å². The minimum absolute atomic E-state index is 0.528. The summed E-state index contributed by atoms with van der Waals surface area (Å²) in [6.07, 6.45) is 6.42. The van der Waals surface area contributed by atoms with Crippen molar-refractivity contribution in [2.75, 3.05) is 11.9 Å². The van der Waals surface area contributed by atoms with E-state index < -0.39 is 0 Å². The summed E-state index contributed by atoms with van der Waals surface area (Å²) in [4.78, 5) is 9.61. The van der Waals surface area contributed by atoms with Gasteiger partial charge in [0, 0.05) is 24.1 Å². The molecule has 3 rings (SSSR count). The molecule has 3 heteroatoms. The van der Waals surface area contributed by atoms with Gasteiger partial charge in [0.05, 0.1) is 5.69 Å². The molecular formula is C18H23N3. The van der Waals surface area contributed by atoms with E-state index in [0.29, 0.717) is 5.92 Å². The highest BCUT2D eigenvalue weighted by Crippen LogP contribution is 2.32. The molecule has 1 aliphatic carbocycles. The van der Waals surface area contributed by atoms with Crippen LogP contribution in [-0.2, 0) is 0 Å². The van der Waals surface area contributed by atoms with Crippen molar-refractivity contribution in [2.45, 2.75) is 44.9 Å². The van der Waals surface area contributed by atoms with Crippen LogP contribution in [0.25, 0.3) is 11.3 Å². The van der Waals surface area contributed by atoms with Crippen LogP contribution in [0.4, 0.5) is 5.82 Å². The Morgan fingerprint density at radius 2 is 1.81 bits per heavy atom. The molecule has 21 heavy (non-hydrogen) atoms. The Balaban J connectivity index is 1.97. The molecule has 0 saturated heterocycles. The van der Waals surface area contributed by atoms with Crippen LogP contribution in [0.15, 0.2) is 36.4 Å². The smallest absolute Gasteiger partial charge is 0.134 e. The molecule has 1 N–H and O–H groups in total. The SMILES string of the molecule is CCNc1cc(-c2ccccc2)nc(C2CCCCC2)n1. The number of rotatable bonds is 4. The summed E-state index contributed by atoms with van der Waals surface area (Å²) in [5, 5.41) is 3.35. The fraction of sp³-hybridized carbons (Fsp3) is 0.444. The molecule has 0 atom stereocenters. The van der Waals surface area contributed by atoms with Crippen LogP contribution in [0.2, 0.25) is 0 Å². The van der Waals surface area contributed by atoms with E-state index in [0.717, 1.165) is 29.4 Å². The summed E-state index contributed by atoms with van der Waals surface area (Å²) >= 11 is 0. The zero-order chi connectivity index (χ0) is 14.5. The second-order valence-electron chi connectivity index (χ2n) is 5.73. The normalized spacial score (nSPS) is 15.9. The van der Waals surface area contributed by atoms with Crippen LogP contribution in [0, 0.1) is 0 Å². The molecule has 1 saturated carbocycles. The zero-order valence-corrected chi connectivity index (χ0v) is 12.7. The zero-order valence-electron chi connectivity index (χ0n) is 12.7. The van der Waals surface area contributed by atoms with Crippen LogP contribution < -0.4 is 5.32 Å². The standard InChI is InChI=1S/C18H23N3/c1-2-19-17-13-16(14-9-5-3-6-10-14)20-18(21-17)15-11-7-4-8-12-15/h3,5-6,9-10,13,15H,2,4,7-8,11-12H2,1H3,(H,19,20,21). The largest absolute Gasteiger partial charge is 0.370 e. The lowest BCUT2D eigenvalue weighted by molar-refractivity contribution is 0.429. The third-order valence-corrected chi connectivity index (χ3v) is 4.14. The van der Waals surface area contributed by atoms with E-state index in [9.17, 15) is 0 Å². The average molecular weight is 281 g/mol. The molecule has 1 fully saturated rings. The predicted octanol–water partition coefficient (Wildman–Crippen LogP) is 4.62. The van der Waals surface area contributed by atoms with Crippen molar-refractivity contribution in [3.05, 3.63) is 42.2 Å². The summed E-state index contributed by atoms with van der Waals surface area (Å²) < 4.78 is 0. The van der Waals surface area contributed by atoms with Gasteiger partial charge >= 0.3 is 0 Å². The van der Waals surface area contributed by atoms with Crippen LogP contribution in [0.1, 0.15) is 50.8 Å². The molecule has 1 aliphatic rings. The molecule has 1 aromatic heterocycles. The summed E-state index contributed by atoms with van der Waals surface area (Å²) in [7, 11) is 0. The molecule has 1 heterocycles. The monoisotopic (exact) mass is 281 g/mol. The molecule has 0 unspecified atom stereocenters. The minimum Gasteiger partial charge on any atom is -0.370 e. The Kier molecular flexibility index (Phi) is 4.49. The lowest BCUT2D eigenvalue weighted by Gasteiger charge is -2.21. The number of hydrogen-bond donors (Lipinski definition) is 1. The van der Waals surface area contributed by atoms with Crippen LogP contribution in [-0.4, -0.2) is 16.5 Å². The van der Waals surface area contributed by atoms with Crippen molar-refractivity contribution in [3.63, 3.8) is 0 Å². The first-order valence-electron chi connectivity index (χ1n) is 8.05. The predicted molar refractivity (Wildman–Crippen MR) is 87.5 cm³/mol. The van der Waals surface area contributed by atoms with Crippen LogP contribution in [0.5, 0.6) is 0 Å². The quantitative estimate of drug-likeness (QED) is 0.888. The third-order valence-electron chi connectivity index (χ3n) is 4.14. The van der Waals surface area contributed by atoms with E-state index in [1.54, 1.807) is 0 Å². The van der Waals surface area contributed by atoms with Crippen molar-refractivity contribution >= 4 is 5.82 Å². The van der Waals surface area contributed by atoms with E-state index in [1.165, 1.54) is 32.1 Å². The maximum atomic E-state index is 4.86. The van der Waals surface area contributed by atoms with E-state index in [4.69, 9.17) is 9.97 Å². The van der Waals surface area contributed by atoms with E-state index >= 15 is 0 Å². The highest BCUT2D eigenvalue weighted by Gasteiger charge is 2.19. The Morgan fingerprint density at radius 3 is 2.52 bits per heavy atom. The van der Waals surface area contributed by atoms with Crippen LogP contribution in [0.3, 0.4) is 0 Å². The summed E-state index contributed by atoms with van der Waals surface area (Å²) in [6, 6.07) is 12.4. The lowest BCUT2D eigenvalue weighted by Crippen LogP contribution is -2.11.